The SMILES string of the molecule is O=C(O)Cc1ccc(OC(F)(F)F)cc1Br. The van der Waals surface area contributed by atoms with Crippen LogP contribution in [-0.2, 0) is 11.2 Å². The first kappa shape index (κ1) is 12.8. The number of hydrogen-bond donors (Lipinski definition) is 1. The molecule has 0 aliphatic heterocycles. The summed E-state index contributed by atoms with van der Waals surface area (Å²) < 4.78 is 39.5. The summed E-state index contributed by atoms with van der Waals surface area (Å²) >= 11 is 2.97. The molecule has 7 heteroatoms. The van der Waals surface area contributed by atoms with Crippen molar-refractivity contribution in [3.8, 4) is 5.75 Å². The highest BCUT2D eigenvalue weighted by atomic mass is 79.9. The van der Waals surface area contributed by atoms with Gasteiger partial charge in [-0.15, -0.1) is 13.2 Å². The van der Waals surface area contributed by atoms with E-state index in [1.54, 1.807) is 0 Å². The Hall–Kier alpha value is -1.24. The van der Waals surface area contributed by atoms with Crippen molar-refractivity contribution in [1.29, 1.82) is 0 Å². The van der Waals surface area contributed by atoms with Crippen LogP contribution in [0.25, 0.3) is 0 Å². The zero-order valence-corrected chi connectivity index (χ0v) is 9.30. The molecule has 88 valence electrons. The average molecular weight is 299 g/mol. The van der Waals surface area contributed by atoms with E-state index in [-0.39, 0.29) is 10.9 Å². The lowest BCUT2D eigenvalue weighted by molar-refractivity contribution is -0.274. The molecule has 0 radical (unpaired) electrons. The Kier molecular flexibility index (Phi) is 3.79. The largest absolute Gasteiger partial charge is 0.573 e. The highest BCUT2D eigenvalue weighted by Crippen LogP contribution is 2.27. The van der Waals surface area contributed by atoms with Crippen LogP contribution in [-0.4, -0.2) is 17.4 Å². The molecule has 0 saturated heterocycles. The molecule has 0 atom stereocenters. The molecule has 3 nitrogen and oxygen atoms in total. The lowest BCUT2D eigenvalue weighted by Gasteiger charge is -2.10. The Balaban J connectivity index is 2.87. The van der Waals surface area contributed by atoms with Crippen LogP contribution in [0.5, 0.6) is 5.75 Å². The first-order valence-electron chi connectivity index (χ1n) is 4.04. The van der Waals surface area contributed by atoms with Crippen molar-refractivity contribution in [3.05, 3.63) is 28.2 Å². The van der Waals surface area contributed by atoms with Crippen LogP contribution < -0.4 is 4.74 Å². The first-order valence-corrected chi connectivity index (χ1v) is 4.83. The zero-order chi connectivity index (χ0) is 12.3. The number of hydrogen-bond acceptors (Lipinski definition) is 2. The maximum Gasteiger partial charge on any atom is 0.573 e. The molecule has 0 bridgehead atoms. The summed E-state index contributed by atoms with van der Waals surface area (Å²) in [5.74, 6) is -1.46. The van der Waals surface area contributed by atoms with Crippen molar-refractivity contribution in [1.82, 2.24) is 0 Å². The van der Waals surface area contributed by atoms with Gasteiger partial charge in [-0.25, -0.2) is 0 Å². The van der Waals surface area contributed by atoms with Crippen molar-refractivity contribution in [2.45, 2.75) is 12.8 Å². The molecule has 0 aliphatic carbocycles. The number of benzene rings is 1. The molecule has 16 heavy (non-hydrogen) atoms. The summed E-state index contributed by atoms with van der Waals surface area (Å²) in [6.07, 6.45) is -5.03. The number of halogens is 4. The molecule has 0 aromatic heterocycles. The molecule has 0 spiro atoms. The molecular formula is C9H6BrF3O3. The van der Waals surface area contributed by atoms with Gasteiger partial charge in [-0.05, 0) is 17.7 Å². The third kappa shape index (κ3) is 4.09. The van der Waals surface area contributed by atoms with Crippen LogP contribution in [0, 0.1) is 0 Å². The van der Waals surface area contributed by atoms with Gasteiger partial charge in [-0.2, -0.15) is 0 Å². The lowest BCUT2D eigenvalue weighted by atomic mass is 10.1. The summed E-state index contributed by atoms with van der Waals surface area (Å²) in [6, 6.07) is 3.40. The maximum atomic E-state index is 11.9. The van der Waals surface area contributed by atoms with Crippen LogP contribution in [0.15, 0.2) is 22.7 Å². The predicted octanol–water partition coefficient (Wildman–Crippen LogP) is 2.97. The minimum absolute atomic E-state index is 0.261. The normalized spacial score (nSPS) is 11.2. The van der Waals surface area contributed by atoms with Crippen LogP contribution in [0.1, 0.15) is 5.56 Å². The fraction of sp³-hybridized carbons (Fsp3) is 0.222. The third-order valence-electron chi connectivity index (χ3n) is 1.60. The van der Waals surface area contributed by atoms with Gasteiger partial charge in [-0.1, -0.05) is 22.0 Å². The molecule has 0 saturated carbocycles. The summed E-state index contributed by atoms with van der Waals surface area (Å²) in [4.78, 5) is 10.4. The highest BCUT2D eigenvalue weighted by Gasteiger charge is 2.31. The van der Waals surface area contributed by atoms with E-state index in [0.717, 1.165) is 12.1 Å². The summed E-state index contributed by atoms with van der Waals surface area (Å²) in [7, 11) is 0. The van der Waals surface area contributed by atoms with Gasteiger partial charge in [0.1, 0.15) is 5.75 Å². The molecule has 0 heterocycles. The minimum atomic E-state index is -4.76. The van der Waals surface area contributed by atoms with Gasteiger partial charge in [-0.3, -0.25) is 4.79 Å². The summed E-state index contributed by atoms with van der Waals surface area (Å²) in [5.41, 5.74) is 0.377. The quantitative estimate of drug-likeness (QED) is 0.933. The molecule has 0 fully saturated rings. The first-order chi connectivity index (χ1) is 7.28. The molecule has 1 rings (SSSR count). The summed E-state index contributed by atoms with van der Waals surface area (Å²) in [5, 5.41) is 8.52. The Morgan fingerprint density at radius 1 is 1.44 bits per heavy atom. The fourth-order valence-electron chi connectivity index (χ4n) is 1.03. The molecule has 0 aliphatic rings. The minimum Gasteiger partial charge on any atom is -0.481 e. The monoisotopic (exact) mass is 298 g/mol. The number of carboxylic acids is 1. The van der Waals surface area contributed by atoms with Gasteiger partial charge in [0.25, 0.3) is 0 Å². The standard InChI is InChI=1S/C9H6BrF3O3/c10-7-4-6(16-9(11,12)13)2-1-5(7)3-8(14)15/h1-2,4H,3H2,(H,14,15). The van der Waals surface area contributed by atoms with Gasteiger partial charge in [0.05, 0.1) is 6.42 Å². The Bertz CT molecular complexity index is 403. The number of aliphatic carboxylic acids is 1. The van der Waals surface area contributed by atoms with Crippen molar-refractivity contribution in [2.75, 3.05) is 0 Å². The van der Waals surface area contributed by atoms with Gasteiger partial charge < -0.3 is 9.84 Å². The second-order valence-electron chi connectivity index (χ2n) is 2.87. The van der Waals surface area contributed by atoms with E-state index in [2.05, 4.69) is 20.7 Å². The smallest absolute Gasteiger partial charge is 0.481 e. The third-order valence-corrected chi connectivity index (χ3v) is 2.34. The Morgan fingerprint density at radius 2 is 2.06 bits per heavy atom. The second kappa shape index (κ2) is 4.73. The number of carbonyl (C=O) groups is 1. The number of alkyl halides is 3. The van der Waals surface area contributed by atoms with Crippen molar-refractivity contribution in [3.63, 3.8) is 0 Å². The van der Waals surface area contributed by atoms with Gasteiger partial charge >= 0.3 is 12.3 Å². The van der Waals surface area contributed by atoms with Gasteiger partial charge in [0, 0.05) is 4.47 Å². The second-order valence-corrected chi connectivity index (χ2v) is 3.73. The van der Waals surface area contributed by atoms with Crippen molar-refractivity contribution >= 4 is 21.9 Å². The van der Waals surface area contributed by atoms with E-state index in [0.29, 0.717) is 5.56 Å². The van der Waals surface area contributed by atoms with Gasteiger partial charge in [0.2, 0.25) is 0 Å². The van der Waals surface area contributed by atoms with E-state index in [1.807, 2.05) is 0 Å². The van der Waals surface area contributed by atoms with E-state index in [1.165, 1.54) is 6.07 Å². The molecule has 1 aromatic carbocycles. The molecule has 1 aromatic rings. The topological polar surface area (TPSA) is 46.5 Å². The van der Waals surface area contributed by atoms with Crippen molar-refractivity contribution in [2.24, 2.45) is 0 Å². The average Bonchev–Trinajstić information content (AvgIpc) is 2.06. The fourth-order valence-corrected chi connectivity index (χ4v) is 1.53. The molecule has 1 N–H and O–H groups in total. The van der Waals surface area contributed by atoms with E-state index >= 15 is 0 Å². The number of ether oxygens (including phenoxy) is 1. The number of carboxylic acid groups (broad SMARTS) is 1. The van der Waals surface area contributed by atoms with Crippen LogP contribution in [0.2, 0.25) is 0 Å². The Morgan fingerprint density at radius 3 is 2.50 bits per heavy atom. The van der Waals surface area contributed by atoms with E-state index in [4.69, 9.17) is 5.11 Å². The lowest BCUT2D eigenvalue weighted by Crippen LogP contribution is -2.17. The highest BCUT2D eigenvalue weighted by molar-refractivity contribution is 9.10. The van der Waals surface area contributed by atoms with Crippen molar-refractivity contribution < 1.29 is 27.8 Å². The van der Waals surface area contributed by atoms with E-state index in [9.17, 15) is 18.0 Å². The zero-order valence-electron chi connectivity index (χ0n) is 7.71. The summed E-state index contributed by atoms with van der Waals surface area (Å²) in [6.45, 7) is 0. The predicted molar refractivity (Wildman–Crippen MR) is 52.2 cm³/mol. The van der Waals surface area contributed by atoms with Crippen LogP contribution in [0.3, 0.4) is 0 Å². The number of rotatable bonds is 3. The Labute approximate surface area is 97.0 Å². The molecular weight excluding hydrogens is 293 g/mol. The van der Waals surface area contributed by atoms with Crippen LogP contribution in [0.4, 0.5) is 13.2 Å². The maximum absolute atomic E-state index is 11.9. The van der Waals surface area contributed by atoms with E-state index < -0.39 is 18.1 Å². The molecule has 0 unspecified atom stereocenters. The molecule has 0 amide bonds. The van der Waals surface area contributed by atoms with Crippen LogP contribution >= 0.6 is 15.9 Å². The van der Waals surface area contributed by atoms with Gasteiger partial charge in [0.15, 0.2) is 0 Å².